The van der Waals surface area contributed by atoms with E-state index in [1.165, 1.54) is 15.7 Å². The molecule has 2 aromatic carbocycles. The Hall–Kier alpha value is -5.87. The molecule has 3 heterocycles. The van der Waals surface area contributed by atoms with Gasteiger partial charge in [-0.1, -0.05) is 26.3 Å². The monoisotopic (exact) mass is 729 g/mol. The van der Waals surface area contributed by atoms with Crippen LogP contribution in [0.1, 0.15) is 80.1 Å². The smallest absolute Gasteiger partial charge is 0.253 e. The molecule has 0 saturated heterocycles. The molecule has 0 bridgehead atoms. The number of fused-ring (bicyclic) bond motifs is 1. The summed E-state index contributed by atoms with van der Waals surface area (Å²) >= 11 is 0. The maximum absolute atomic E-state index is 13.7. The molecule has 0 aliphatic carbocycles. The molecule has 5 rings (SSSR count). The van der Waals surface area contributed by atoms with Crippen LogP contribution in [0.3, 0.4) is 0 Å². The fourth-order valence-electron chi connectivity index (χ4n) is 6.06. The van der Waals surface area contributed by atoms with E-state index in [1.54, 1.807) is 56.4 Å². The van der Waals surface area contributed by atoms with Crippen LogP contribution in [0.5, 0.6) is 11.5 Å². The van der Waals surface area contributed by atoms with Crippen molar-refractivity contribution in [1.82, 2.24) is 55.8 Å². The zero-order valence-electron chi connectivity index (χ0n) is 30.7. The Morgan fingerprint density at radius 2 is 1.74 bits per heavy atom. The van der Waals surface area contributed by atoms with Crippen molar-refractivity contribution in [1.29, 1.82) is 0 Å². The Kier molecular flexibility index (Phi) is 13.1. The topological polar surface area (TPSA) is 200 Å². The normalized spacial score (nSPS) is 18.4. The third-order valence-corrected chi connectivity index (χ3v) is 9.18. The summed E-state index contributed by atoms with van der Waals surface area (Å²) in [4.78, 5) is 60.3. The first-order chi connectivity index (χ1) is 25.6. The molecule has 53 heavy (non-hydrogen) atoms. The van der Waals surface area contributed by atoms with E-state index >= 15 is 0 Å². The molecule has 17 nitrogen and oxygen atoms in total. The Morgan fingerprint density at radius 1 is 0.981 bits per heavy atom. The van der Waals surface area contributed by atoms with E-state index in [9.17, 15) is 19.2 Å². The minimum Gasteiger partial charge on any atom is -0.493 e. The second-order valence-corrected chi connectivity index (χ2v) is 13.0. The predicted molar refractivity (Wildman–Crippen MR) is 192 cm³/mol. The second kappa shape index (κ2) is 18.1. The van der Waals surface area contributed by atoms with E-state index in [0.717, 1.165) is 5.56 Å². The molecule has 0 fully saturated rings. The van der Waals surface area contributed by atoms with Crippen molar-refractivity contribution in [3.8, 4) is 17.2 Å². The number of hydrogen-bond acceptors (Lipinski definition) is 11. The SMILES string of the molecule is CC[C@H](C)[C@@H]1NC(=O)CCCN(C(=O)c2ccc(-n3cnnn3)cc2)CCCNC(=O)Cn2nc(Cc3ccc(OC)c(OC)c3)nc2[C@@H](C)NC1=O. The molecule has 1 aliphatic rings. The zero-order valence-corrected chi connectivity index (χ0v) is 30.7. The molecule has 4 aromatic rings. The number of ether oxygens (including phenoxy) is 2. The molecule has 4 amide bonds. The van der Waals surface area contributed by atoms with E-state index < -0.39 is 12.1 Å². The zero-order chi connectivity index (χ0) is 37.9. The molecule has 17 heteroatoms. The van der Waals surface area contributed by atoms with Gasteiger partial charge in [-0.25, -0.2) is 14.3 Å². The summed E-state index contributed by atoms with van der Waals surface area (Å²) < 4.78 is 13.8. The number of amides is 4. The average Bonchev–Trinajstić information content (AvgIpc) is 3.84. The van der Waals surface area contributed by atoms with Crippen LogP contribution in [0.4, 0.5) is 0 Å². The largest absolute Gasteiger partial charge is 0.493 e. The van der Waals surface area contributed by atoms with Crippen LogP contribution < -0.4 is 25.4 Å². The van der Waals surface area contributed by atoms with Crippen LogP contribution >= 0.6 is 0 Å². The van der Waals surface area contributed by atoms with Gasteiger partial charge in [0.05, 0.1) is 25.9 Å². The van der Waals surface area contributed by atoms with Crippen LogP contribution in [0.2, 0.25) is 0 Å². The van der Waals surface area contributed by atoms with Crippen molar-refractivity contribution in [2.24, 2.45) is 5.92 Å². The first kappa shape index (κ1) is 38.4. The molecular formula is C36H47N11O6. The quantitative estimate of drug-likeness (QED) is 0.240. The van der Waals surface area contributed by atoms with Gasteiger partial charge in [-0.05, 0) is 78.1 Å². The first-order valence-electron chi connectivity index (χ1n) is 17.7. The van der Waals surface area contributed by atoms with Gasteiger partial charge >= 0.3 is 0 Å². The number of carbonyl (C=O) groups is 4. The summed E-state index contributed by atoms with van der Waals surface area (Å²) in [5, 5.41) is 24.7. The van der Waals surface area contributed by atoms with Crippen LogP contribution in [-0.4, -0.2) is 103 Å². The van der Waals surface area contributed by atoms with Gasteiger partial charge in [-0.3, -0.25) is 19.2 Å². The number of rotatable bonds is 8. The molecule has 3 N–H and O–H groups in total. The summed E-state index contributed by atoms with van der Waals surface area (Å²) in [5.74, 6) is 0.644. The van der Waals surface area contributed by atoms with Gasteiger partial charge < -0.3 is 30.3 Å². The maximum Gasteiger partial charge on any atom is 0.253 e. The Balaban J connectivity index is 1.37. The van der Waals surface area contributed by atoms with Gasteiger partial charge in [0, 0.05) is 38.0 Å². The lowest BCUT2D eigenvalue weighted by Crippen LogP contribution is -2.51. The molecule has 3 atom stereocenters. The highest BCUT2D eigenvalue weighted by molar-refractivity contribution is 5.94. The Bertz CT molecular complexity index is 1860. The molecule has 282 valence electrons. The summed E-state index contributed by atoms with van der Waals surface area (Å²) in [6.45, 7) is 6.43. The molecule has 0 saturated carbocycles. The molecule has 0 spiro atoms. The van der Waals surface area contributed by atoms with Gasteiger partial charge in [-0.2, -0.15) is 5.10 Å². The first-order valence-corrected chi connectivity index (χ1v) is 17.7. The standard InChI is InChI=1S/C36H47N11O6/c1-6-23(2)33-35(50)39-24(3)34-40-30(20-25-10-15-28(52-4)29(19-25)53-5)42-46(34)21-32(49)37-16-8-18-45(17-7-9-31(48)41-33)36(51)26-11-13-27(14-12-26)47-22-38-43-44-47/h10-15,19,22-24,33H,6-9,16-18,20-21H2,1-5H3,(H,37,49)(H,39,50)(H,41,48)/t23-,24+,33-/m0/s1. The van der Waals surface area contributed by atoms with E-state index in [2.05, 4.69) is 36.6 Å². The van der Waals surface area contributed by atoms with Crippen LogP contribution in [0.25, 0.3) is 5.69 Å². The number of aromatic nitrogens is 7. The number of carbonyl (C=O) groups excluding carboxylic acids is 4. The fraction of sp³-hybridized carbons (Fsp3) is 0.472. The fourth-order valence-corrected chi connectivity index (χ4v) is 6.06. The molecule has 2 aromatic heterocycles. The maximum atomic E-state index is 13.7. The third kappa shape index (κ3) is 9.93. The summed E-state index contributed by atoms with van der Waals surface area (Å²) in [7, 11) is 3.12. The lowest BCUT2D eigenvalue weighted by Gasteiger charge is -2.26. The third-order valence-electron chi connectivity index (χ3n) is 9.18. The lowest BCUT2D eigenvalue weighted by molar-refractivity contribution is -0.130. The van der Waals surface area contributed by atoms with E-state index in [4.69, 9.17) is 14.5 Å². The predicted octanol–water partition coefficient (Wildman–Crippen LogP) is 2.01. The molecular weight excluding hydrogens is 682 g/mol. The van der Waals surface area contributed by atoms with Crippen molar-refractivity contribution in [3.63, 3.8) is 0 Å². The number of nitrogens with one attached hydrogen (secondary N) is 3. The van der Waals surface area contributed by atoms with Crippen LogP contribution in [0, 0.1) is 5.92 Å². The highest BCUT2D eigenvalue weighted by atomic mass is 16.5. The van der Waals surface area contributed by atoms with E-state index in [-0.39, 0.29) is 42.5 Å². The Morgan fingerprint density at radius 3 is 2.43 bits per heavy atom. The minimum absolute atomic E-state index is 0.113. The number of nitrogens with zero attached hydrogens (tertiary/aromatic N) is 8. The van der Waals surface area contributed by atoms with E-state index in [1.807, 2.05) is 26.0 Å². The van der Waals surface area contributed by atoms with Crippen LogP contribution in [-0.2, 0) is 27.3 Å². The van der Waals surface area contributed by atoms with Crippen molar-refractivity contribution in [2.75, 3.05) is 33.9 Å². The van der Waals surface area contributed by atoms with Gasteiger partial charge in [-0.15, -0.1) is 5.10 Å². The summed E-state index contributed by atoms with van der Waals surface area (Å²) in [6, 6.07) is 11.0. The van der Waals surface area contributed by atoms with Crippen LogP contribution in [0.15, 0.2) is 48.8 Å². The van der Waals surface area contributed by atoms with Gasteiger partial charge in [0.1, 0.15) is 24.7 Å². The number of hydrogen-bond donors (Lipinski definition) is 3. The minimum atomic E-state index is -0.809. The second-order valence-electron chi connectivity index (χ2n) is 13.0. The Labute approximate surface area is 307 Å². The molecule has 0 unspecified atom stereocenters. The van der Waals surface area contributed by atoms with Gasteiger partial charge in [0.15, 0.2) is 17.3 Å². The number of benzene rings is 2. The summed E-state index contributed by atoms with van der Waals surface area (Å²) in [6.07, 6.45) is 3.41. The average molecular weight is 730 g/mol. The lowest BCUT2D eigenvalue weighted by atomic mass is 9.97. The van der Waals surface area contributed by atoms with Crippen molar-refractivity contribution >= 4 is 23.6 Å². The van der Waals surface area contributed by atoms with Crippen molar-refractivity contribution in [2.45, 2.75) is 71.5 Å². The highest BCUT2D eigenvalue weighted by Gasteiger charge is 2.29. The number of methoxy groups -OCH3 is 2. The van der Waals surface area contributed by atoms with Gasteiger partial charge in [0.2, 0.25) is 17.7 Å². The molecule has 0 radical (unpaired) electrons. The van der Waals surface area contributed by atoms with E-state index in [0.29, 0.717) is 79.7 Å². The van der Waals surface area contributed by atoms with Crippen molar-refractivity contribution < 1.29 is 28.7 Å². The van der Waals surface area contributed by atoms with Crippen molar-refractivity contribution in [3.05, 3.63) is 71.6 Å². The summed E-state index contributed by atoms with van der Waals surface area (Å²) in [5.41, 5.74) is 2.02. The molecule has 1 aliphatic heterocycles. The van der Waals surface area contributed by atoms with Gasteiger partial charge in [0.25, 0.3) is 5.91 Å². The number of tetrazole rings is 1. The highest BCUT2D eigenvalue weighted by Crippen LogP contribution is 2.28.